The van der Waals surface area contributed by atoms with Crippen LogP contribution in [0.2, 0.25) is 5.15 Å². The van der Waals surface area contributed by atoms with Gasteiger partial charge in [-0.05, 0) is 48.4 Å². The number of halogens is 4. The van der Waals surface area contributed by atoms with E-state index in [-0.39, 0.29) is 0 Å². The second kappa shape index (κ2) is 6.20. The van der Waals surface area contributed by atoms with E-state index in [0.29, 0.717) is 16.3 Å². The van der Waals surface area contributed by atoms with Crippen LogP contribution in [0.4, 0.5) is 13.2 Å². The van der Waals surface area contributed by atoms with Crippen molar-refractivity contribution < 1.29 is 13.2 Å². The van der Waals surface area contributed by atoms with Gasteiger partial charge in [0, 0.05) is 35.4 Å². The molecule has 0 aliphatic rings. The van der Waals surface area contributed by atoms with Crippen LogP contribution in [0.15, 0.2) is 48.9 Å². The summed E-state index contributed by atoms with van der Waals surface area (Å²) in [6, 6.07) is 7.76. The van der Waals surface area contributed by atoms with Crippen LogP contribution in [-0.2, 0) is 6.18 Å². The first-order valence-corrected chi connectivity index (χ1v) is 7.34. The molecule has 0 amide bonds. The minimum atomic E-state index is -4.49. The average molecular weight is 350 g/mol. The predicted molar refractivity (Wildman–Crippen MR) is 85.4 cm³/mol. The fourth-order valence-corrected chi connectivity index (χ4v) is 2.49. The molecule has 0 fully saturated rings. The molecule has 7 heteroatoms. The van der Waals surface area contributed by atoms with Gasteiger partial charge in [-0.3, -0.25) is 9.97 Å². The van der Waals surface area contributed by atoms with Gasteiger partial charge >= 0.3 is 6.18 Å². The van der Waals surface area contributed by atoms with E-state index in [1.165, 1.54) is 12.3 Å². The first kappa shape index (κ1) is 16.4. The van der Waals surface area contributed by atoms with E-state index in [1.807, 2.05) is 6.92 Å². The summed E-state index contributed by atoms with van der Waals surface area (Å²) in [7, 11) is 0. The van der Waals surface area contributed by atoms with Crippen molar-refractivity contribution >= 4 is 11.6 Å². The molecule has 0 aromatic carbocycles. The van der Waals surface area contributed by atoms with Gasteiger partial charge in [0.15, 0.2) is 0 Å². The Labute approximate surface area is 141 Å². The Bertz CT molecular complexity index is 894. The van der Waals surface area contributed by atoms with Crippen LogP contribution in [-0.4, -0.2) is 15.0 Å². The Morgan fingerprint density at radius 3 is 2.29 bits per heavy atom. The van der Waals surface area contributed by atoms with Gasteiger partial charge < -0.3 is 0 Å². The van der Waals surface area contributed by atoms with E-state index in [0.717, 1.165) is 29.1 Å². The third-order valence-electron chi connectivity index (χ3n) is 3.51. The molecule has 0 radical (unpaired) electrons. The van der Waals surface area contributed by atoms with E-state index in [9.17, 15) is 13.2 Å². The highest BCUT2D eigenvalue weighted by Gasteiger charge is 2.32. The highest BCUT2D eigenvalue weighted by Crippen LogP contribution is 2.32. The Kier molecular flexibility index (Phi) is 4.24. The van der Waals surface area contributed by atoms with Gasteiger partial charge in [0.1, 0.15) is 10.8 Å². The average Bonchev–Trinajstić information content (AvgIpc) is 2.54. The molecule has 3 aromatic heterocycles. The summed E-state index contributed by atoms with van der Waals surface area (Å²) in [4.78, 5) is 11.6. The Hall–Kier alpha value is -2.47. The van der Waals surface area contributed by atoms with Gasteiger partial charge in [0.25, 0.3) is 0 Å². The molecule has 0 saturated carbocycles. The summed E-state index contributed by atoms with van der Waals surface area (Å²) in [5.74, 6) is 0. The normalized spacial score (nSPS) is 11.5. The second-order valence-corrected chi connectivity index (χ2v) is 5.54. The molecule has 0 spiro atoms. The maximum atomic E-state index is 12.8. The lowest BCUT2D eigenvalue weighted by Crippen LogP contribution is -2.07. The lowest BCUT2D eigenvalue weighted by Gasteiger charge is -2.11. The van der Waals surface area contributed by atoms with Crippen LogP contribution in [0.1, 0.15) is 11.4 Å². The van der Waals surface area contributed by atoms with E-state index in [4.69, 9.17) is 11.6 Å². The van der Waals surface area contributed by atoms with E-state index >= 15 is 0 Å². The fraction of sp³-hybridized carbons (Fsp3) is 0.118. The zero-order valence-electron chi connectivity index (χ0n) is 12.5. The summed E-state index contributed by atoms with van der Waals surface area (Å²) >= 11 is 5.91. The Morgan fingerprint density at radius 1 is 0.875 bits per heavy atom. The van der Waals surface area contributed by atoms with Crippen LogP contribution < -0.4 is 0 Å². The first-order chi connectivity index (χ1) is 11.3. The zero-order chi connectivity index (χ0) is 17.3. The summed E-state index contributed by atoms with van der Waals surface area (Å²) < 4.78 is 38.5. The quantitative estimate of drug-likeness (QED) is 0.598. The third kappa shape index (κ3) is 3.38. The van der Waals surface area contributed by atoms with Crippen LogP contribution in [0, 0.1) is 6.92 Å². The SMILES string of the molecule is Cc1ncc(-c2ccnc(C(F)(F)F)c2)cc1-c1ccnc(Cl)c1. The molecule has 3 aromatic rings. The Balaban J connectivity index is 2.09. The van der Waals surface area contributed by atoms with Crippen molar-refractivity contribution in [1.82, 2.24) is 15.0 Å². The molecule has 0 unspecified atom stereocenters. The summed E-state index contributed by atoms with van der Waals surface area (Å²) in [5, 5.41) is 0.334. The fourth-order valence-electron chi connectivity index (χ4n) is 2.32. The van der Waals surface area contributed by atoms with Crippen molar-refractivity contribution in [3.63, 3.8) is 0 Å². The van der Waals surface area contributed by atoms with Crippen LogP contribution in [0.5, 0.6) is 0 Å². The lowest BCUT2D eigenvalue weighted by molar-refractivity contribution is -0.141. The topological polar surface area (TPSA) is 38.7 Å². The number of nitrogens with zero attached hydrogens (tertiary/aromatic N) is 3. The molecule has 3 nitrogen and oxygen atoms in total. The number of alkyl halides is 3. The zero-order valence-corrected chi connectivity index (χ0v) is 13.2. The minimum Gasteiger partial charge on any atom is -0.260 e. The van der Waals surface area contributed by atoms with E-state index in [2.05, 4.69) is 15.0 Å². The van der Waals surface area contributed by atoms with Gasteiger partial charge in [-0.2, -0.15) is 13.2 Å². The first-order valence-electron chi connectivity index (χ1n) is 6.97. The van der Waals surface area contributed by atoms with Crippen molar-refractivity contribution in [3.8, 4) is 22.3 Å². The van der Waals surface area contributed by atoms with Gasteiger partial charge in [-0.15, -0.1) is 0 Å². The van der Waals surface area contributed by atoms with Crippen LogP contribution in [0.25, 0.3) is 22.3 Å². The highest BCUT2D eigenvalue weighted by molar-refractivity contribution is 6.29. The standard InChI is InChI=1S/C17H11ClF3N3/c1-10-14(12-3-5-23-16(18)8-12)6-13(9-24-10)11-2-4-22-15(7-11)17(19,20)21/h2-9H,1H3. The largest absolute Gasteiger partial charge is 0.433 e. The van der Waals surface area contributed by atoms with Crippen molar-refractivity contribution in [2.45, 2.75) is 13.1 Å². The number of aryl methyl sites for hydroxylation is 1. The number of pyridine rings is 3. The molecule has 0 aliphatic carbocycles. The molecule has 0 aliphatic heterocycles. The molecule has 0 bridgehead atoms. The number of hydrogen-bond acceptors (Lipinski definition) is 3. The molecule has 0 saturated heterocycles. The number of rotatable bonds is 2. The van der Waals surface area contributed by atoms with Gasteiger partial charge in [0.05, 0.1) is 0 Å². The molecular formula is C17H11ClF3N3. The maximum Gasteiger partial charge on any atom is 0.433 e. The number of hydrogen-bond donors (Lipinski definition) is 0. The van der Waals surface area contributed by atoms with E-state index in [1.54, 1.807) is 24.4 Å². The van der Waals surface area contributed by atoms with Crippen molar-refractivity contribution in [3.05, 3.63) is 65.5 Å². The molecule has 3 rings (SSSR count). The van der Waals surface area contributed by atoms with Crippen molar-refractivity contribution in [1.29, 1.82) is 0 Å². The predicted octanol–water partition coefficient (Wildman–Crippen LogP) is 5.19. The molecule has 0 atom stereocenters. The van der Waals surface area contributed by atoms with Crippen LogP contribution >= 0.6 is 11.6 Å². The monoisotopic (exact) mass is 349 g/mol. The van der Waals surface area contributed by atoms with Gasteiger partial charge in [-0.1, -0.05) is 11.6 Å². The van der Waals surface area contributed by atoms with Gasteiger partial charge in [-0.25, -0.2) is 4.98 Å². The molecule has 24 heavy (non-hydrogen) atoms. The highest BCUT2D eigenvalue weighted by atomic mass is 35.5. The molecular weight excluding hydrogens is 339 g/mol. The Morgan fingerprint density at radius 2 is 1.58 bits per heavy atom. The third-order valence-corrected chi connectivity index (χ3v) is 3.71. The van der Waals surface area contributed by atoms with Crippen molar-refractivity contribution in [2.75, 3.05) is 0 Å². The van der Waals surface area contributed by atoms with Crippen LogP contribution in [0.3, 0.4) is 0 Å². The lowest BCUT2D eigenvalue weighted by atomic mass is 10.0. The van der Waals surface area contributed by atoms with Gasteiger partial charge in [0.2, 0.25) is 0 Å². The summed E-state index contributed by atoms with van der Waals surface area (Å²) in [6.45, 7) is 1.82. The number of aromatic nitrogens is 3. The summed E-state index contributed by atoms with van der Waals surface area (Å²) in [5.41, 5.74) is 2.34. The maximum absolute atomic E-state index is 12.8. The minimum absolute atomic E-state index is 0.334. The van der Waals surface area contributed by atoms with E-state index < -0.39 is 11.9 Å². The second-order valence-electron chi connectivity index (χ2n) is 5.15. The summed E-state index contributed by atoms with van der Waals surface area (Å²) in [6.07, 6.45) is -0.244. The molecule has 0 N–H and O–H groups in total. The molecule has 122 valence electrons. The molecule has 3 heterocycles. The smallest absolute Gasteiger partial charge is 0.260 e. The van der Waals surface area contributed by atoms with Crippen molar-refractivity contribution in [2.24, 2.45) is 0 Å².